The topological polar surface area (TPSA) is 52.6 Å². The van der Waals surface area contributed by atoms with E-state index in [4.69, 9.17) is 32.7 Å². The van der Waals surface area contributed by atoms with Gasteiger partial charge in [0.15, 0.2) is 11.1 Å². The maximum absolute atomic E-state index is 12.7. The summed E-state index contributed by atoms with van der Waals surface area (Å²) in [6.07, 6.45) is 1.65. The smallest absolute Gasteiger partial charge is 0.334 e. The molecule has 6 heteroatoms. The van der Waals surface area contributed by atoms with E-state index in [9.17, 15) is 9.59 Å². The molecule has 0 saturated heterocycles. The van der Waals surface area contributed by atoms with Gasteiger partial charge in [0.2, 0.25) is 5.78 Å². The molecule has 0 aliphatic carbocycles. The largest absolute Gasteiger partial charge is 0.452 e. The van der Waals surface area contributed by atoms with Crippen LogP contribution < -0.4 is 9.47 Å². The number of ether oxygens (including phenoxy) is 2. The Morgan fingerprint density at radius 3 is 2.43 bits per heavy atom. The molecule has 0 bridgehead atoms. The van der Waals surface area contributed by atoms with Crippen LogP contribution in [0.4, 0.5) is 0 Å². The van der Waals surface area contributed by atoms with Crippen LogP contribution in [0.3, 0.4) is 0 Å². The van der Waals surface area contributed by atoms with Crippen molar-refractivity contribution in [1.82, 2.24) is 0 Å². The van der Waals surface area contributed by atoms with Crippen LogP contribution in [0.25, 0.3) is 6.08 Å². The Morgan fingerprint density at radius 1 is 1.03 bits per heavy atom. The van der Waals surface area contributed by atoms with Crippen molar-refractivity contribution in [2.75, 3.05) is 0 Å². The number of ketones is 1. The SMILES string of the molecule is Cc1c(OC(=O)C(Cl)c2ccccc2)ccc2c1O/C(=C\c1ccc(Cl)cc1)C2=O. The molecule has 1 aliphatic rings. The van der Waals surface area contributed by atoms with E-state index in [1.165, 1.54) is 0 Å². The highest BCUT2D eigenvalue weighted by molar-refractivity contribution is 6.30. The van der Waals surface area contributed by atoms with Crippen LogP contribution in [0.2, 0.25) is 5.02 Å². The van der Waals surface area contributed by atoms with Crippen molar-refractivity contribution < 1.29 is 19.1 Å². The molecular weight excluding hydrogens is 423 g/mol. The third-order valence-corrected chi connectivity index (χ3v) is 5.40. The minimum atomic E-state index is -0.943. The van der Waals surface area contributed by atoms with Crippen molar-refractivity contribution in [3.05, 3.63) is 99.8 Å². The summed E-state index contributed by atoms with van der Waals surface area (Å²) in [7, 11) is 0. The number of alkyl halides is 1. The monoisotopic (exact) mass is 438 g/mol. The molecule has 0 aromatic heterocycles. The molecule has 0 amide bonds. The Bertz CT molecular complexity index is 1150. The van der Waals surface area contributed by atoms with Gasteiger partial charge in [0, 0.05) is 10.6 Å². The van der Waals surface area contributed by atoms with Gasteiger partial charge in [-0.2, -0.15) is 0 Å². The molecule has 4 rings (SSSR count). The molecule has 0 saturated carbocycles. The first-order chi connectivity index (χ1) is 14.4. The Kier molecular flexibility index (Phi) is 5.62. The molecular formula is C24H16Cl2O4. The molecule has 30 heavy (non-hydrogen) atoms. The lowest BCUT2D eigenvalue weighted by Gasteiger charge is -2.13. The Morgan fingerprint density at radius 2 is 1.73 bits per heavy atom. The van der Waals surface area contributed by atoms with Gasteiger partial charge < -0.3 is 9.47 Å². The standard InChI is InChI=1S/C24H16Cl2O4/c1-14-19(30-24(28)21(26)16-5-3-2-4-6-16)12-11-18-22(27)20(29-23(14)18)13-15-7-9-17(25)10-8-15/h2-13,21H,1H3/b20-13-. The number of carbonyl (C=O) groups is 2. The van der Waals surface area contributed by atoms with Gasteiger partial charge in [-0.05, 0) is 48.4 Å². The molecule has 3 aromatic carbocycles. The van der Waals surface area contributed by atoms with E-state index >= 15 is 0 Å². The van der Waals surface area contributed by atoms with E-state index in [1.54, 1.807) is 73.7 Å². The van der Waals surface area contributed by atoms with Crippen molar-refractivity contribution in [2.24, 2.45) is 0 Å². The summed E-state index contributed by atoms with van der Waals surface area (Å²) < 4.78 is 11.3. The number of halogens is 2. The zero-order valence-electron chi connectivity index (χ0n) is 15.9. The average molecular weight is 439 g/mol. The van der Waals surface area contributed by atoms with Gasteiger partial charge >= 0.3 is 5.97 Å². The van der Waals surface area contributed by atoms with Crippen molar-refractivity contribution in [3.8, 4) is 11.5 Å². The minimum absolute atomic E-state index is 0.193. The van der Waals surface area contributed by atoms with Gasteiger partial charge in [0.1, 0.15) is 11.5 Å². The first-order valence-electron chi connectivity index (χ1n) is 9.18. The fraction of sp³-hybridized carbons (Fsp3) is 0.0833. The van der Waals surface area contributed by atoms with Crippen molar-refractivity contribution in [1.29, 1.82) is 0 Å². The third kappa shape index (κ3) is 3.97. The van der Waals surface area contributed by atoms with Crippen LogP contribution in [0, 0.1) is 6.92 Å². The Labute approximate surface area is 183 Å². The van der Waals surface area contributed by atoms with E-state index in [2.05, 4.69) is 0 Å². The number of fused-ring (bicyclic) bond motifs is 1. The summed E-state index contributed by atoms with van der Waals surface area (Å²) in [6.45, 7) is 1.73. The van der Waals surface area contributed by atoms with Crippen LogP contribution in [0.1, 0.15) is 32.4 Å². The highest BCUT2D eigenvalue weighted by Crippen LogP contribution is 2.40. The number of hydrogen-bond donors (Lipinski definition) is 0. The number of benzene rings is 3. The van der Waals surface area contributed by atoms with Crippen LogP contribution in [0.5, 0.6) is 11.5 Å². The quantitative estimate of drug-likeness (QED) is 0.212. The molecule has 3 aromatic rings. The predicted molar refractivity (Wildman–Crippen MR) is 116 cm³/mol. The number of Topliss-reactive ketones (excluding diaryl/α,β-unsaturated/α-hetero) is 1. The number of allylic oxidation sites excluding steroid dienone is 1. The highest BCUT2D eigenvalue weighted by Gasteiger charge is 2.31. The molecule has 0 spiro atoms. The predicted octanol–water partition coefficient (Wildman–Crippen LogP) is 6.15. The number of rotatable bonds is 4. The molecule has 0 N–H and O–H groups in total. The van der Waals surface area contributed by atoms with Crippen LogP contribution in [-0.2, 0) is 4.79 Å². The molecule has 0 radical (unpaired) electrons. The zero-order valence-corrected chi connectivity index (χ0v) is 17.4. The van der Waals surface area contributed by atoms with E-state index < -0.39 is 11.3 Å². The lowest BCUT2D eigenvalue weighted by Crippen LogP contribution is -2.15. The van der Waals surface area contributed by atoms with Gasteiger partial charge in [0.25, 0.3) is 0 Å². The van der Waals surface area contributed by atoms with Crippen molar-refractivity contribution >= 4 is 41.0 Å². The normalized spacial score (nSPS) is 14.9. The van der Waals surface area contributed by atoms with E-state index in [1.807, 2.05) is 6.07 Å². The summed E-state index contributed by atoms with van der Waals surface area (Å²) >= 11 is 12.1. The van der Waals surface area contributed by atoms with E-state index in [-0.39, 0.29) is 11.5 Å². The van der Waals surface area contributed by atoms with Crippen LogP contribution in [0.15, 0.2) is 72.5 Å². The fourth-order valence-electron chi connectivity index (χ4n) is 3.11. The summed E-state index contributed by atoms with van der Waals surface area (Å²) in [5.74, 6) is 0.0169. The molecule has 150 valence electrons. The summed E-state index contributed by atoms with van der Waals surface area (Å²) in [5.41, 5.74) is 2.39. The average Bonchev–Trinajstić information content (AvgIpc) is 3.08. The highest BCUT2D eigenvalue weighted by atomic mass is 35.5. The van der Waals surface area contributed by atoms with Gasteiger partial charge in [-0.1, -0.05) is 54.1 Å². The second kappa shape index (κ2) is 8.34. The van der Waals surface area contributed by atoms with Gasteiger partial charge in [0.05, 0.1) is 5.56 Å². The molecule has 1 atom stereocenters. The molecule has 4 nitrogen and oxygen atoms in total. The zero-order chi connectivity index (χ0) is 21.3. The van der Waals surface area contributed by atoms with Crippen LogP contribution in [-0.4, -0.2) is 11.8 Å². The summed E-state index contributed by atoms with van der Waals surface area (Å²) in [4.78, 5) is 25.2. The molecule has 1 unspecified atom stereocenters. The maximum Gasteiger partial charge on any atom is 0.334 e. The number of hydrogen-bond acceptors (Lipinski definition) is 4. The summed E-state index contributed by atoms with van der Waals surface area (Å²) in [5, 5.41) is -0.337. The minimum Gasteiger partial charge on any atom is -0.452 e. The Balaban J connectivity index is 1.57. The van der Waals surface area contributed by atoms with Crippen molar-refractivity contribution in [3.63, 3.8) is 0 Å². The lowest BCUT2D eigenvalue weighted by atomic mass is 10.1. The molecule has 0 fully saturated rings. The van der Waals surface area contributed by atoms with Crippen LogP contribution >= 0.6 is 23.2 Å². The first kappa shape index (κ1) is 20.2. The second-order valence-corrected chi connectivity index (χ2v) is 7.62. The van der Waals surface area contributed by atoms with Gasteiger partial charge in [-0.25, -0.2) is 4.79 Å². The van der Waals surface area contributed by atoms with Gasteiger partial charge in [-0.3, -0.25) is 4.79 Å². The Hall–Kier alpha value is -3.08. The number of esters is 1. The van der Waals surface area contributed by atoms with Gasteiger partial charge in [-0.15, -0.1) is 11.6 Å². The second-order valence-electron chi connectivity index (χ2n) is 6.75. The lowest BCUT2D eigenvalue weighted by molar-refractivity contribution is -0.134. The fourth-order valence-corrected chi connectivity index (χ4v) is 3.42. The summed E-state index contributed by atoms with van der Waals surface area (Å²) in [6, 6.07) is 19.2. The van der Waals surface area contributed by atoms with Crippen molar-refractivity contribution in [2.45, 2.75) is 12.3 Å². The van der Waals surface area contributed by atoms with E-state index in [0.29, 0.717) is 33.2 Å². The van der Waals surface area contributed by atoms with E-state index in [0.717, 1.165) is 5.56 Å². The number of carbonyl (C=O) groups excluding carboxylic acids is 2. The first-order valence-corrected chi connectivity index (χ1v) is 9.99. The third-order valence-electron chi connectivity index (χ3n) is 4.71. The maximum atomic E-state index is 12.7. The molecule has 1 aliphatic heterocycles. The molecule has 1 heterocycles.